The zero-order valence-electron chi connectivity index (χ0n) is 11.3. The molecule has 2 heterocycles. The van der Waals surface area contributed by atoms with Gasteiger partial charge < -0.3 is 4.98 Å². The number of nitrogens with zero attached hydrogens (tertiary/aromatic N) is 2. The number of nitrogens with one attached hydrogen (secondary N) is 1. The number of hydrogen-bond donors (Lipinski definition) is 1. The third-order valence-electron chi connectivity index (χ3n) is 3.71. The number of carbonyl (C=O) groups is 1. The number of amides is 1. The van der Waals surface area contributed by atoms with E-state index in [1.54, 1.807) is 17.3 Å². The molecule has 0 unspecified atom stereocenters. The molecule has 0 fully saturated rings. The van der Waals surface area contributed by atoms with Crippen molar-refractivity contribution in [3.63, 3.8) is 0 Å². The molecule has 4 nitrogen and oxygen atoms in total. The summed E-state index contributed by atoms with van der Waals surface area (Å²) < 4.78 is 0. The standard InChI is InChI=1S/C17H13N3O/c21-17(16-18-9-10-19-16)20-14-7-3-1-5-12(14)11-13-6-2-4-8-15(13)20/h1-5,7-11H,6H2,(H,18,19). The van der Waals surface area contributed by atoms with E-state index in [1.165, 1.54) is 0 Å². The second-order valence-electron chi connectivity index (χ2n) is 4.99. The Kier molecular flexibility index (Phi) is 2.60. The predicted molar refractivity (Wildman–Crippen MR) is 81.7 cm³/mol. The number of benzene rings is 1. The van der Waals surface area contributed by atoms with Crippen molar-refractivity contribution in [1.29, 1.82) is 0 Å². The maximum absolute atomic E-state index is 12.8. The lowest BCUT2D eigenvalue weighted by Crippen LogP contribution is -2.34. The molecule has 21 heavy (non-hydrogen) atoms. The molecule has 102 valence electrons. The Labute approximate surface area is 122 Å². The highest BCUT2D eigenvalue weighted by Gasteiger charge is 2.30. The Bertz CT molecular complexity index is 797. The summed E-state index contributed by atoms with van der Waals surface area (Å²) in [7, 11) is 0. The first kappa shape index (κ1) is 11.9. The lowest BCUT2D eigenvalue weighted by atomic mass is 9.94. The normalized spacial score (nSPS) is 15.9. The maximum atomic E-state index is 12.8. The van der Waals surface area contributed by atoms with Gasteiger partial charge in [0.25, 0.3) is 5.91 Å². The second-order valence-corrected chi connectivity index (χ2v) is 4.99. The number of imidazole rings is 1. The molecule has 0 radical (unpaired) electrons. The van der Waals surface area contributed by atoms with Gasteiger partial charge in [0.15, 0.2) is 5.82 Å². The van der Waals surface area contributed by atoms with Crippen LogP contribution >= 0.6 is 0 Å². The highest BCUT2D eigenvalue weighted by Crippen LogP contribution is 2.38. The molecule has 1 aliphatic heterocycles. The van der Waals surface area contributed by atoms with Gasteiger partial charge in [0.2, 0.25) is 0 Å². The van der Waals surface area contributed by atoms with Gasteiger partial charge >= 0.3 is 0 Å². The van der Waals surface area contributed by atoms with Crippen LogP contribution in [0, 0.1) is 0 Å². The van der Waals surface area contributed by atoms with Gasteiger partial charge in [-0.15, -0.1) is 0 Å². The van der Waals surface area contributed by atoms with Gasteiger partial charge in [0, 0.05) is 12.4 Å². The molecule has 0 spiro atoms. The molecule has 1 N–H and O–H groups in total. The van der Waals surface area contributed by atoms with Crippen molar-refractivity contribution in [3.8, 4) is 0 Å². The van der Waals surface area contributed by atoms with Crippen molar-refractivity contribution in [2.75, 3.05) is 4.90 Å². The Hall–Kier alpha value is -2.88. The fourth-order valence-corrected chi connectivity index (χ4v) is 2.75. The summed E-state index contributed by atoms with van der Waals surface area (Å²) in [5, 5.41) is 0. The van der Waals surface area contributed by atoms with E-state index in [2.05, 4.69) is 22.1 Å². The van der Waals surface area contributed by atoms with Gasteiger partial charge in [-0.25, -0.2) is 4.98 Å². The summed E-state index contributed by atoms with van der Waals surface area (Å²) in [6.07, 6.45) is 12.3. The van der Waals surface area contributed by atoms with Crippen molar-refractivity contribution in [1.82, 2.24) is 9.97 Å². The van der Waals surface area contributed by atoms with E-state index < -0.39 is 0 Å². The van der Waals surface area contributed by atoms with Gasteiger partial charge in [-0.2, -0.15) is 0 Å². The number of allylic oxidation sites excluding steroid dienone is 4. The van der Waals surface area contributed by atoms with Crippen molar-refractivity contribution in [2.45, 2.75) is 6.42 Å². The Balaban J connectivity index is 1.90. The zero-order chi connectivity index (χ0) is 14.2. The molecule has 4 heteroatoms. The van der Waals surface area contributed by atoms with Crippen LogP contribution in [0.5, 0.6) is 0 Å². The van der Waals surface area contributed by atoms with Crippen LogP contribution in [0.25, 0.3) is 6.08 Å². The average Bonchev–Trinajstić information content (AvgIpc) is 3.06. The van der Waals surface area contributed by atoms with Crippen LogP contribution in [-0.2, 0) is 0 Å². The summed E-state index contributed by atoms with van der Waals surface area (Å²) in [5.74, 6) is 0.209. The van der Waals surface area contributed by atoms with E-state index in [1.807, 2.05) is 36.4 Å². The summed E-state index contributed by atoms with van der Waals surface area (Å²) in [6, 6.07) is 7.92. The Morgan fingerprint density at radius 1 is 1.29 bits per heavy atom. The van der Waals surface area contributed by atoms with Crippen LogP contribution in [-0.4, -0.2) is 15.9 Å². The summed E-state index contributed by atoms with van der Waals surface area (Å²) in [5.41, 5.74) is 4.03. The molecule has 0 saturated carbocycles. The molecule has 4 rings (SSSR count). The van der Waals surface area contributed by atoms with Crippen molar-refractivity contribution >= 4 is 17.7 Å². The predicted octanol–water partition coefficient (Wildman–Crippen LogP) is 3.30. The fourth-order valence-electron chi connectivity index (χ4n) is 2.75. The minimum atomic E-state index is -0.139. The third kappa shape index (κ3) is 1.84. The second kappa shape index (κ2) is 4.59. The van der Waals surface area contributed by atoms with Gasteiger partial charge in [-0.1, -0.05) is 30.4 Å². The topological polar surface area (TPSA) is 49.0 Å². The first-order chi connectivity index (χ1) is 10.3. The minimum Gasteiger partial charge on any atom is -0.341 e. The summed E-state index contributed by atoms with van der Waals surface area (Å²) in [4.78, 5) is 21.5. The van der Waals surface area contributed by atoms with Gasteiger partial charge in [-0.3, -0.25) is 9.69 Å². The number of hydrogen-bond acceptors (Lipinski definition) is 2. The molecular weight excluding hydrogens is 262 g/mol. The first-order valence-corrected chi connectivity index (χ1v) is 6.85. The molecule has 1 aliphatic carbocycles. The molecule has 0 saturated heterocycles. The van der Waals surface area contributed by atoms with Crippen LogP contribution in [0.3, 0.4) is 0 Å². The van der Waals surface area contributed by atoms with E-state index in [-0.39, 0.29) is 5.91 Å². The largest absolute Gasteiger partial charge is 0.341 e. The number of fused-ring (bicyclic) bond motifs is 2. The van der Waals surface area contributed by atoms with Gasteiger partial charge in [-0.05, 0) is 35.8 Å². The van der Waals surface area contributed by atoms with E-state index in [9.17, 15) is 4.79 Å². The number of para-hydroxylation sites is 1. The Morgan fingerprint density at radius 2 is 2.19 bits per heavy atom. The van der Waals surface area contributed by atoms with Crippen molar-refractivity contribution < 1.29 is 4.79 Å². The highest BCUT2D eigenvalue weighted by molar-refractivity contribution is 6.09. The summed E-state index contributed by atoms with van der Waals surface area (Å²) in [6.45, 7) is 0. The smallest absolute Gasteiger partial charge is 0.298 e. The van der Waals surface area contributed by atoms with E-state index in [0.717, 1.165) is 28.9 Å². The maximum Gasteiger partial charge on any atom is 0.298 e. The van der Waals surface area contributed by atoms with Crippen LogP contribution < -0.4 is 4.90 Å². The van der Waals surface area contributed by atoms with Gasteiger partial charge in [0.1, 0.15) is 0 Å². The monoisotopic (exact) mass is 275 g/mol. The number of aromatic amines is 1. The molecule has 2 aromatic rings. The first-order valence-electron chi connectivity index (χ1n) is 6.85. The lowest BCUT2D eigenvalue weighted by molar-refractivity contribution is 0.0986. The average molecular weight is 275 g/mol. The number of anilines is 1. The SMILES string of the molecule is O=C(c1ncc[nH]1)N1C2=CC=CCC2=Cc2ccccc21. The number of aromatic nitrogens is 2. The van der Waals surface area contributed by atoms with Crippen molar-refractivity contribution in [2.24, 2.45) is 0 Å². The number of rotatable bonds is 1. The van der Waals surface area contributed by atoms with E-state index >= 15 is 0 Å². The highest BCUT2D eigenvalue weighted by atomic mass is 16.2. The van der Waals surface area contributed by atoms with E-state index in [4.69, 9.17) is 0 Å². The fraction of sp³-hybridized carbons (Fsp3) is 0.0588. The lowest BCUT2D eigenvalue weighted by Gasteiger charge is -2.32. The molecular formula is C17H13N3O. The van der Waals surface area contributed by atoms with E-state index in [0.29, 0.717) is 5.82 Å². The van der Waals surface area contributed by atoms with Crippen LogP contribution in [0.4, 0.5) is 5.69 Å². The third-order valence-corrected chi connectivity index (χ3v) is 3.71. The van der Waals surface area contributed by atoms with Crippen LogP contribution in [0.1, 0.15) is 22.6 Å². The van der Waals surface area contributed by atoms with Gasteiger partial charge in [0.05, 0.1) is 11.4 Å². The molecule has 1 aromatic heterocycles. The zero-order valence-corrected chi connectivity index (χ0v) is 11.3. The minimum absolute atomic E-state index is 0.139. The summed E-state index contributed by atoms with van der Waals surface area (Å²) >= 11 is 0. The van der Waals surface area contributed by atoms with Crippen molar-refractivity contribution in [3.05, 3.63) is 77.5 Å². The molecule has 1 aromatic carbocycles. The van der Waals surface area contributed by atoms with Crippen LogP contribution in [0.15, 0.2) is 66.2 Å². The Morgan fingerprint density at radius 3 is 3.05 bits per heavy atom. The molecule has 0 bridgehead atoms. The molecule has 0 atom stereocenters. The van der Waals surface area contributed by atoms with Crippen LogP contribution in [0.2, 0.25) is 0 Å². The molecule has 1 amide bonds. The quantitative estimate of drug-likeness (QED) is 0.868. The molecule has 2 aliphatic rings. The number of H-pyrrole nitrogens is 1. The number of carbonyl (C=O) groups excluding carboxylic acids is 1.